The first-order chi connectivity index (χ1) is 13.9. The van der Waals surface area contributed by atoms with Gasteiger partial charge in [0.2, 0.25) is 10.0 Å². The van der Waals surface area contributed by atoms with E-state index in [1.54, 1.807) is 39.9 Å². The summed E-state index contributed by atoms with van der Waals surface area (Å²) >= 11 is 6.06. The van der Waals surface area contributed by atoms with Crippen LogP contribution in [0.1, 0.15) is 17.3 Å². The Labute approximate surface area is 173 Å². The van der Waals surface area contributed by atoms with Gasteiger partial charge in [-0.2, -0.15) is 4.31 Å². The third kappa shape index (κ3) is 3.61. The number of amides is 1. The fourth-order valence-electron chi connectivity index (χ4n) is 3.45. The molecular weight excluding hydrogens is 414 g/mol. The lowest BCUT2D eigenvalue weighted by atomic mass is 10.1. The molecule has 0 radical (unpaired) electrons. The first-order valence-electron chi connectivity index (χ1n) is 9.29. The van der Waals surface area contributed by atoms with Gasteiger partial charge in [0.25, 0.3) is 5.91 Å². The monoisotopic (exact) mass is 433 g/mol. The molecule has 152 valence electrons. The van der Waals surface area contributed by atoms with Gasteiger partial charge in [-0.15, -0.1) is 5.10 Å². The molecule has 1 aliphatic heterocycles. The van der Waals surface area contributed by atoms with Crippen LogP contribution in [0.3, 0.4) is 0 Å². The molecule has 4 rings (SSSR count). The summed E-state index contributed by atoms with van der Waals surface area (Å²) in [7, 11) is -3.69. The number of halogens is 1. The highest BCUT2D eigenvalue weighted by Gasteiger charge is 2.31. The van der Waals surface area contributed by atoms with E-state index in [1.807, 2.05) is 13.0 Å². The van der Waals surface area contributed by atoms with Crippen molar-refractivity contribution in [3.05, 3.63) is 53.1 Å². The molecule has 2 heterocycles. The molecule has 2 aromatic carbocycles. The fourth-order valence-corrected chi connectivity index (χ4v) is 5.36. The van der Waals surface area contributed by atoms with Gasteiger partial charge in [0.05, 0.1) is 10.5 Å². The summed E-state index contributed by atoms with van der Waals surface area (Å²) in [4.78, 5) is 14.6. The highest BCUT2D eigenvalue weighted by atomic mass is 35.5. The zero-order valence-electron chi connectivity index (χ0n) is 15.8. The standard InChI is InChI=1S/C19H20ClN5O3S/c1-2-25-17-8-7-14(13-16(17)21-22-25)19(26)23-9-11-24(12-10-23)29(27,28)18-6-4-3-5-15(18)20/h3-8,13H,2,9-12H2,1H3. The number of aromatic nitrogens is 3. The molecule has 0 atom stereocenters. The van der Waals surface area contributed by atoms with Crippen molar-refractivity contribution in [3.8, 4) is 0 Å². The van der Waals surface area contributed by atoms with Crippen molar-refractivity contribution in [2.75, 3.05) is 26.2 Å². The molecule has 1 fully saturated rings. The van der Waals surface area contributed by atoms with Gasteiger partial charge < -0.3 is 4.90 Å². The number of benzene rings is 2. The molecule has 10 heteroatoms. The quantitative estimate of drug-likeness (QED) is 0.629. The predicted molar refractivity (Wildman–Crippen MR) is 109 cm³/mol. The highest BCUT2D eigenvalue weighted by molar-refractivity contribution is 7.89. The molecule has 1 aliphatic rings. The molecule has 1 amide bonds. The van der Waals surface area contributed by atoms with Gasteiger partial charge in [-0.1, -0.05) is 28.9 Å². The number of carbonyl (C=O) groups excluding carboxylic acids is 1. The van der Waals surface area contributed by atoms with Crippen molar-refractivity contribution in [1.29, 1.82) is 0 Å². The maximum Gasteiger partial charge on any atom is 0.254 e. The van der Waals surface area contributed by atoms with Crippen molar-refractivity contribution in [2.45, 2.75) is 18.4 Å². The number of nitrogens with zero attached hydrogens (tertiary/aromatic N) is 5. The number of aryl methyl sites for hydroxylation is 1. The van der Waals surface area contributed by atoms with Crippen LogP contribution in [0.5, 0.6) is 0 Å². The van der Waals surface area contributed by atoms with E-state index >= 15 is 0 Å². The van der Waals surface area contributed by atoms with E-state index in [1.165, 1.54) is 10.4 Å². The van der Waals surface area contributed by atoms with Crippen molar-refractivity contribution >= 4 is 38.6 Å². The van der Waals surface area contributed by atoms with E-state index < -0.39 is 10.0 Å². The zero-order chi connectivity index (χ0) is 20.6. The van der Waals surface area contributed by atoms with Gasteiger partial charge in [0, 0.05) is 38.3 Å². The molecule has 0 spiro atoms. The van der Waals surface area contributed by atoms with Crippen LogP contribution in [-0.4, -0.2) is 64.7 Å². The molecule has 0 unspecified atom stereocenters. The lowest BCUT2D eigenvalue weighted by molar-refractivity contribution is 0.0698. The Balaban J connectivity index is 1.48. The summed E-state index contributed by atoms with van der Waals surface area (Å²) in [6.45, 7) is 3.72. The molecule has 0 N–H and O–H groups in total. The number of fused-ring (bicyclic) bond motifs is 1. The maximum atomic E-state index is 12.9. The Morgan fingerprint density at radius 2 is 1.83 bits per heavy atom. The average molecular weight is 434 g/mol. The Morgan fingerprint density at radius 1 is 1.10 bits per heavy atom. The Morgan fingerprint density at radius 3 is 2.52 bits per heavy atom. The van der Waals surface area contributed by atoms with Crippen LogP contribution in [0.2, 0.25) is 5.02 Å². The van der Waals surface area contributed by atoms with Gasteiger partial charge in [0.15, 0.2) is 0 Å². The lowest BCUT2D eigenvalue weighted by Crippen LogP contribution is -2.50. The highest BCUT2D eigenvalue weighted by Crippen LogP contribution is 2.25. The first-order valence-corrected chi connectivity index (χ1v) is 11.1. The first kappa shape index (κ1) is 19.8. The Hall–Kier alpha value is -2.49. The van der Waals surface area contributed by atoms with E-state index in [0.29, 0.717) is 30.7 Å². The molecule has 0 bridgehead atoms. The molecular formula is C19H20ClN5O3S. The summed E-state index contributed by atoms with van der Waals surface area (Å²) in [6.07, 6.45) is 0. The third-order valence-corrected chi connectivity index (χ3v) is 7.44. The second-order valence-corrected chi connectivity index (χ2v) is 9.05. The van der Waals surface area contributed by atoms with E-state index in [-0.39, 0.29) is 28.9 Å². The Bertz CT molecular complexity index is 1170. The second kappa shape index (κ2) is 7.74. The molecule has 3 aromatic rings. The van der Waals surface area contributed by atoms with Crippen LogP contribution in [0, 0.1) is 0 Å². The van der Waals surface area contributed by atoms with Crippen molar-refractivity contribution in [3.63, 3.8) is 0 Å². The second-order valence-electron chi connectivity index (χ2n) is 6.74. The molecule has 1 aromatic heterocycles. The van der Waals surface area contributed by atoms with Gasteiger partial charge in [-0.05, 0) is 37.3 Å². The van der Waals surface area contributed by atoms with Crippen molar-refractivity contribution < 1.29 is 13.2 Å². The number of piperazine rings is 1. The SMILES string of the molecule is CCn1nnc2cc(C(=O)N3CCN(S(=O)(=O)c4ccccc4Cl)CC3)ccc21. The Kier molecular flexibility index (Phi) is 5.28. The van der Waals surface area contributed by atoms with Gasteiger partial charge in [0.1, 0.15) is 10.4 Å². The van der Waals surface area contributed by atoms with Crippen LogP contribution in [-0.2, 0) is 16.6 Å². The number of rotatable bonds is 4. The summed E-state index contributed by atoms with van der Waals surface area (Å²) in [5, 5.41) is 8.36. The molecule has 0 aliphatic carbocycles. The van der Waals surface area contributed by atoms with Crippen molar-refractivity contribution in [1.82, 2.24) is 24.2 Å². The van der Waals surface area contributed by atoms with Crippen LogP contribution in [0.4, 0.5) is 0 Å². The molecule has 0 saturated carbocycles. The summed E-state index contributed by atoms with van der Waals surface area (Å²) in [5.74, 6) is -0.146. The largest absolute Gasteiger partial charge is 0.336 e. The van der Waals surface area contributed by atoms with E-state index in [2.05, 4.69) is 10.3 Å². The van der Waals surface area contributed by atoms with Gasteiger partial charge in [-0.25, -0.2) is 13.1 Å². The van der Waals surface area contributed by atoms with E-state index in [4.69, 9.17) is 11.6 Å². The number of hydrogen-bond donors (Lipinski definition) is 0. The summed E-state index contributed by atoms with van der Waals surface area (Å²) in [6, 6.07) is 11.7. The maximum absolute atomic E-state index is 12.9. The average Bonchev–Trinajstić information content (AvgIpc) is 3.16. The van der Waals surface area contributed by atoms with Gasteiger partial charge in [-0.3, -0.25) is 4.79 Å². The smallest absolute Gasteiger partial charge is 0.254 e. The normalized spacial score (nSPS) is 15.7. The van der Waals surface area contributed by atoms with Crippen LogP contribution in [0.15, 0.2) is 47.4 Å². The molecule has 8 nitrogen and oxygen atoms in total. The number of sulfonamides is 1. The summed E-state index contributed by atoms with van der Waals surface area (Å²) in [5.41, 5.74) is 2.06. The van der Waals surface area contributed by atoms with E-state index in [9.17, 15) is 13.2 Å². The van der Waals surface area contributed by atoms with Crippen LogP contribution in [0.25, 0.3) is 11.0 Å². The fraction of sp³-hybridized carbons (Fsp3) is 0.316. The molecule has 1 saturated heterocycles. The van der Waals surface area contributed by atoms with Crippen LogP contribution >= 0.6 is 11.6 Å². The van der Waals surface area contributed by atoms with Gasteiger partial charge >= 0.3 is 0 Å². The summed E-state index contributed by atoms with van der Waals surface area (Å²) < 4.78 is 28.8. The number of hydrogen-bond acceptors (Lipinski definition) is 5. The minimum Gasteiger partial charge on any atom is -0.336 e. The number of carbonyl (C=O) groups is 1. The minimum atomic E-state index is -3.69. The van der Waals surface area contributed by atoms with Crippen LogP contribution < -0.4 is 0 Å². The predicted octanol–water partition coefficient (Wildman–Crippen LogP) is 2.25. The van der Waals surface area contributed by atoms with Crippen molar-refractivity contribution in [2.24, 2.45) is 0 Å². The lowest BCUT2D eigenvalue weighted by Gasteiger charge is -2.34. The topological polar surface area (TPSA) is 88.4 Å². The van der Waals surface area contributed by atoms with E-state index in [0.717, 1.165) is 5.52 Å². The molecule has 29 heavy (non-hydrogen) atoms. The minimum absolute atomic E-state index is 0.0888. The third-order valence-electron chi connectivity index (χ3n) is 5.04. The zero-order valence-corrected chi connectivity index (χ0v) is 17.4.